The molecule has 0 aliphatic carbocycles. The molecule has 2 N–H and O–H groups in total. The van der Waals surface area contributed by atoms with Crippen molar-refractivity contribution in [2.75, 3.05) is 16.4 Å². The molecule has 0 atom stereocenters. The number of carbonyl (C=O) groups is 2. The Morgan fingerprint density at radius 1 is 0.926 bits per heavy atom. The number of anilines is 2. The number of benzene rings is 2. The first-order chi connectivity index (χ1) is 13.1. The summed E-state index contributed by atoms with van der Waals surface area (Å²) in [5.41, 5.74) is 2.98. The lowest BCUT2D eigenvalue weighted by Gasteiger charge is -2.09. The quantitative estimate of drug-likeness (QED) is 0.626. The summed E-state index contributed by atoms with van der Waals surface area (Å²) in [6.45, 7) is 1.91. The number of pyridine rings is 1. The Kier molecular flexibility index (Phi) is 6.22. The summed E-state index contributed by atoms with van der Waals surface area (Å²) in [5, 5.41) is 5.72. The van der Waals surface area contributed by atoms with E-state index in [-0.39, 0.29) is 17.6 Å². The van der Waals surface area contributed by atoms with Crippen molar-refractivity contribution in [1.82, 2.24) is 4.98 Å². The molecule has 2 aromatic carbocycles. The van der Waals surface area contributed by atoms with Crippen LogP contribution in [0.1, 0.15) is 15.9 Å². The highest BCUT2D eigenvalue weighted by Gasteiger charge is 2.09. The first kappa shape index (κ1) is 18.7. The van der Waals surface area contributed by atoms with Crippen molar-refractivity contribution in [3.05, 3.63) is 84.2 Å². The molecule has 3 aromatic rings. The van der Waals surface area contributed by atoms with Crippen molar-refractivity contribution in [2.45, 2.75) is 11.8 Å². The molecule has 0 unspecified atom stereocenters. The van der Waals surface area contributed by atoms with Crippen molar-refractivity contribution < 1.29 is 9.59 Å². The monoisotopic (exact) mass is 377 g/mol. The molecular weight excluding hydrogens is 358 g/mol. The zero-order chi connectivity index (χ0) is 19.1. The van der Waals surface area contributed by atoms with Gasteiger partial charge in [0.1, 0.15) is 0 Å². The maximum Gasteiger partial charge on any atom is 0.255 e. The van der Waals surface area contributed by atoms with Gasteiger partial charge >= 0.3 is 0 Å². The Morgan fingerprint density at radius 2 is 1.70 bits per heavy atom. The summed E-state index contributed by atoms with van der Waals surface area (Å²) in [6.07, 6.45) is 3.26. The van der Waals surface area contributed by atoms with E-state index in [2.05, 4.69) is 15.6 Å². The largest absolute Gasteiger partial charge is 0.325 e. The number of aryl methyl sites for hydroxylation is 1. The van der Waals surface area contributed by atoms with E-state index in [0.717, 1.165) is 16.1 Å². The maximum atomic E-state index is 12.4. The number of hydrogen-bond donors (Lipinski definition) is 2. The second kappa shape index (κ2) is 9.00. The standard InChI is InChI=1S/C21H19N3O2S/c1-15-5-2-3-8-19(15)21(26)24-17-6-4-7-18(13-17)27-14-20(25)23-16-9-11-22-12-10-16/h2-13H,14H2,1H3,(H,24,26)(H,22,23,25). The van der Waals surface area contributed by atoms with Gasteiger partial charge in [0.15, 0.2) is 0 Å². The van der Waals surface area contributed by atoms with Crippen LogP contribution in [-0.2, 0) is 4.79 Å². The third-order valence-corrected chi connectivity index (χ3v) is 4.81. The molecule has 0 saturated heterocycles. The smallest absolute Gasteiger partial charge is 0.255 e. The minimum atomic E-state index is -0.148. The van der Waals surface area contributed by atoms with Gasteiger partial charge in [-0.1, -0.05) is 24.3 Å². The summed E-state index contributed by atoms with van der Waals surface area (Å²) < 4.78 is 0. The summed E-state index contributed by atoms with van der Waals surface area (Å²) >= 11 is 1.41. The highest BCUT2D eigenvalue weighted by molar-refractivity contribution is 8.00. The third kappa shape index (κ3) is 5.43. The van der Waals surface area contributed by atoms with Crippen LogP contribution in [0.4, 0.5) is 11.4 Å². The lowest BCUT2D eigenvalue weighted by Crippen LogP contribution is -2.14. The van der Waals surface area contributed by atoms with Crippen LogP contribution in [0.3, 0.4) is 0 Å². The van der Waals surface area contributed by atoms with Gasteiger partial charge in [0.25, 0.3) is 5.91 Å². The fraction of sp³-hybridized carbons (Fsp3) is 0.0952. The second-order valence-corrected chi connectivity index (χ2v) is 6.92. The summed E-state index contributed by atoms with van der Waals surface area (Å²) in [7, 11) is 0. The van der Waals surface area contributed by atoms with Gasteiger partial charge in [0, 0.05) is 34.2 Å². The molecule has 0 aliphatic rings. The zero-order valence-electron chi connectivity index (χ0n) is 14.8. The molecule has 5 nitrogen and oxygen atoms in total. The Balaban J connectivity index is 1.58. The molecule has 0 radical (unpaired) electrons. The predicted octanol–water partition coefficient (Wildman–Crippen LogP) is 4.37. The number of nitrogens with one attached hydrogen (secondary N) is 2. The van der Waals surface area contributed by atoms with Crippen molar-refractivity contribution in [3.8, 4) is 0 Å². The van der Waals surface area contributed by atoms with Gasteiger partial charge in [-0.2, -0.15) is 0 Å². The molecule has 3 rings (SSSR count). The minimum absolute atomic E-state index is 0.0967. The van der Waals surface area contributed by atoms with Crippen LogP contribution >= 0.6 is 11.8 Å². The van der Waals surface area contributed by atoms with E-state index in [1.807, 2.05) is 49.4 Å². The highest BCUT2D eigenvalue weighted by Crippen LogP contribution is 2.22. The maximum absolute atomic E-state index is 12.4. The molecule has 1 aromatic heterocycles. The van der Waals surface area contributed by atoms with E-state index >= 15 is 0 Å². The Morgan fingerprint density at radius 3 is 2.48 bits per heavy atom. The van der Waals surface area contributed by atoms with Gasteiger partial charge in [-0.15, -0.1) is 11.8 Å². The Bertz CT molecular complexity index is 945. The van der Waals surface area contributed by atoms with E-state index in [1.54, 1.807) is 30.6 Å². The van der Waals surface area contributed by atoms with Gasteiger partial charge in [-0.3, -0.25) is 14.6 Å². The van der Waals surface area contributed by atoms with Gasteiger partial charge in [-0.25, -0.2) is 0 Å². The van der Waals surface area contributed by atoms with Crippen LogP contribution in [-0.4, -0.2) is 22.6 Å². The zero-order valence-corrected chi connectivity index (χ0v) is 15.6. The first-order valence-corrected chi connectivity index (χ1v) is 9.40. The van der Waals surface area contributed by atoms with Crippen LogP contribution in [0.2, 0.25) is 0 Å². The van der Waals surface area contributed by atoms with Crippen LogP contribution in [0.25, 0.3) is 0 Å². The number of aromatic nitrogens is 1. The van der Waals surface area contributed by atoms with Crippen molar-refractivity contribution in [2.24, 2.45) is 0 Å². The Labute approximate surface area is 162 Å². The predicted molar refractivity (Wildman–Crippen MR) is 109 cm³/mol. The molecule has 27 heavy (non-hydrogen) atoms. The topological polar surface area (TPSA) is 71.1 Å². The van der Waals surface area contributed by atoms with Crippen LogP contribution < -0.4 is 10.6 Å². The van der Waals surface area contributed by atoms with Crippen molar-refractivity contribution in [3.63, 3.8) is 0 Å². The number of carbonyl (C=O) groups excluding carboxylic acids is 2. The van der Waals surface area contributed by atoms with Crippen LogP contribution in [0.5, 0.6) is 0 Å². The molecule has 2 amide bonds. The fourth-order valence-electron chi connectivity index (χ4n) is 2.47. The highest BCUT2D eigenvalue weighted by atomic mass is 32.2. The van der Waals surface area contributed by atoms with Gasteiger partial charge in [0.2, 0.25) is 5.91 Å². The van der Waals surface area contributed by atoms with E-state index in [1.165, 1.54) is 11.8 Å². The number of thioether (sulfide) groups is 1. The average molecular weight is 377 g/mol. The van der Waals surface area contributed by atoms with E-state index in [4.69, 9.17) is 0 Å². The summed E-state index contributed by atoms with van der Waals surface area (Å²) in [5.74, 6) is 0.0311. The number of rotatable bonds is 6. The minimum Gasteiger partial charge on any atom is -0.325 e. The van der Waals surface area contributed by atoms with E-state index < -0.39 is 0 Å². The summed E-state index contributed by atoms with van der Waals surface area (Å²) in [4.78, 5) is 29.3. The second-order valence-electron chi connectivity index (χ2n) is 5.87. The molecule has 6 heteroatoms. The number of nitrogens with zero attached hydrogens (tertiary/aromatic N) is 1. The van der Waals surface area contributed by atoms with Crippen molar-refractivity contribution >= 4 is 35.0 Å². The van der Waals surface area contributed by atoms with Gasteiger partial charge in [0.05, 0.1) is 5.75 Å². The number of hydrogen-bond acceptors (Lipinski definition) is 4. The number of amides is 2. The van der Waals surface area contributed by atoms with Crippen LogP contribution in [0.15, 0.2) is 78.0 Å². The van der Waals surface area contributed by atoms with E-state index in [9.17, 15) is 9.59 Å². The Hall–Kier alpha value is -3.12. The molecule has 0 spiro atoms. The van der Waals surface area contributed by atoms with Crippen LogP contribution in [0, 0.1) is 6.92 Å². The molecule has 1 heterocycles. The molecule has 0 saturated carbocycles. The molecule has 0 fully saturated rings. The summed E-state index contributed by atoms with van der Waals surface area (Å²) in [6, 6.07) is 18.4. The fourth-order valence-corrected chi connectivity index (χ4v) is 3.23. The third-order valence-electron chi connectivity index (χ3n) is 3.82. The lowest BCUT2D eigenvalue weighted by molar-refractivity contribution is -0.113. The van der Waals surface area contributed by atoms with Crippen molar-refractivity contribution in [1.29, 1.82) is 0 Å². The SMILES string of the molecule is Cc1ccccc1C(=O)Nc1cccc(SCC(=O)Nc2ccncc2)c1. The molecule has 0 aliphatic heterocycles. The van der Waals surface area contributed by atoms with E-state index in [0.29, 0.717) is 11.3 Å². The lowest BCUT2D eigenvalue weighted by atomic mass is 10.1. The molecule has 0 bridgehead atoms. The normalized spacial score (nSPS) is 10.3. The average Bonchev–Trinajstić information content (AvgIpc) is 2.68. The van der Waals surface area contributed by atoms with Gasteiger partial charge in [-0.05, 0) is 48.9 Å². The first-order valence-electron chi connectivity index (χ1n) is 8.41. The van der Waals surface area contributed by atoms with Gasteiger partial charge < -0.3 is 10.6 Å². The molecular formula is C21H19N3O2S. The molecule has 136 valence electrons.